The van der Waals surface area contributed by atoms with Gasteiger partial charge in [-0.3, -0.25) is 0 Å². The van der Waals surface area contributed by atoms with Crippen molar-refractivity contribution in [1.82, 2.24) is 0 Å². The Morgan fingerprint density at radius 2 is 1.85 bits per heavy atom. The summed E-state index contributed by atoms with van der Waals surface area (Å²) < 4.78 is 0. The van der Waals surface area contributed by atoms with Crippen molar-refractivity contribution >= 4 is 11.4 Å². The molecular formula is C17H22N2O. The fraction of sp³-hybridized carbons (Fsp3) is 0.294. The minimum atomic E-state index is -0.476. The van der Waals surface area contributed by atoms with Crippen LogP contribution in [0.2, 0.25) is 0 Å². The van der Waals surface area contributed by atoms with Gasteiger partial charge < -0.3 is 15.7 Å². The molecule has 106 valence electrons. The normalized spacial score (nSPS) is 12.1. The van der Waals surface area contributed by atoms with Crippen LogP contribution in [0.25, 0.3) is 0 Å². The van der Waals surface area contributed by atoms with E-state index < -0.39 is 6.10 Å². The lowest BCUT2D eigenvalue weighted by Crippen LogP contribution is -2.25. The zero-order chi connectivity index (χ0) is 14.4. The third-order valence-corrected chi connectivity index (χ3v) is 3.47. The molecule has 0 spiro atoms. The second-order valence-corrected chi connectivity index (χ2v) is 4.89. The van der Waals surface area contributed by atoms with Crippen LogP contribution in [0.4, 0.5) is 11.4 Å². The number of aliphatic hydroxyl groups is 1. The van der Waals surface area contributed by atoms with Gasteiger partial charge in [0.25, 0.3) is 0 Å². The maximum Gasteiger partial charge on any atom is 0.0807 e. The Balaban J connectivity index is 1.96. The molecule has 0 aliphatic carbocycles. The number of para-hydroxylation sites is 1. The van der Waals surface area contributed by atoms with E-state index in [1.807, 2.05) is 42.5 Å². The van der Waals surface area contributed by atoms with Crippen molar-refractivity contribution in [2.24, 2.45) is 0 Å². The molecule has 2 aromatic rings. The van der Waals surface area contributed by atoms with Gasteiger partial charge in [-0.25, -0.2) is 0 Å². The molecule has 0 bridgehead atoms. The lowest BCUT2D eigenvalue weighted by atomic mass is 10.1. The lowest BCUT2D eigenvalue weighted by molar-refractivity contribution is 0.169. The molecule has 3 N–H and O–H groups in total. The lowest BCUT2D eigenvalue weighted by Gasteiger charge is -2.24. The number of rotatable bonds is 6. The SMILES string of the molecule is CCN(CCC(O)c1cccc(N)c1)c1ccccc1. The van der Waals surface area contributed by atoms with Gasteiger partial charge in [0.2, 0.25) is 0 Å². The smallest absolute Gasteiger partial charge is 0.0807 e. The van der Waals surface area contributed by atoms with Crippen LogP contribution in [0.1, 0.15) is 25.0 Å². The number of nitrogen functional groups attached to an aromatic ring is 1. The van der Waals surface area contributed by atoms with Crippen molar-refractivity contribution in [1.29, 1.82) is 0 Å². The van der Waals surface area contributed by atoms with Crippen LogP contribution < -0.4 is 10.6 Å². The molecular weight excluding hydrogens is 248 g/mol. The molecule has 1 atom stereocenters. The Labute approximate surface area is 120 Å². The summed E-state index contributed by atoms with van der Waals surface area (Å²) in [5, 5.41) is 10.3. The van der Waals surface area contributed by atoms with Crippen LogP contribution in [0.3, 0.4) is 0 Å². The summed E-state index contributed by atoms with van der Waals surface area (Å²) in [6.45, 7) is 3.87. The summed E-state index contributed by atoms with van der Waals surface area (Å²) in [6, 6.07) is 17.7. The highest BCUT2D eigenvalue weighted by molar-refractivity contribution is 5.46. The molecule has 2 aromatic carbocycles. The fourth-order valence-corrected chi connectivity index (χ4v) is 2.32. The first-order valence-electron chi connectivity index (χ1n) is 7.04. The highest BCUT2D eigenvalue weighted by Gasteiger charge is 2.10. The Morgan fingerprint density at radius 3 is 2.50 bits per heavy atom. The van der Waals surface area contributed by atoms with E-state index in [2.05, 4.69) is 24.0 Å². The molecule has 0 radical (unpaired) electrons. The second kappa shape index (κ2) is 6.96. The maximum atomic E-state index is 10.3. The van der Waals surface area contributed by atoms with Crippen molar-refractivity contribution in [2.75, 3.05) is 23.7 Å². The third-order valence-electron chi connectivity index (χ3n) is 3.47. The van der Waals surface area contributed by atoms with Crippen molar-refractivity contribution in [3.8, 4) is 0 Å². The number of nitrogens with zero attached hydrogens (tertiary/aromatic N) is 1. The Morgan fingerprint density at radius 1 is 1.10 bits per heavy atom. The Kier molecular flexibility index (Phi) is 5.02. The average molecular weight is 270 g/mol. The van der Waals surface area contributed by atoms with Gasteiger partial charge in [0, 0.05) is 24.5 Å². The van der Waals surface area contributed by atoms with Crippen LogP contribution in [-0.2, 0) is 0 Å². The fourth-order valence-electron chi connectivity index (χ4n) is 2.32. The molecule has 3 nitrogen and oxygen atoms in total. The van der Waals surface area contributed by atoms with Crippen molar-refractivity contribution in [3.05, 3.63) is 60.2 Å². The minimum absolute atomic E-state index is 0.476. The molecule has 3 heteroatoms. The number of benzene rings is 2. The molecule has 0 saturated carbocycles. The topological polar surface area (TPSA) is 49.5 Å². The largest absolute Gasteiger partial charge is 0.399 e. The van der Waals surface area contributed by atoms with Gasteiger partial charge in [-0.1, -0.05) is 30.3 Å². The maximum absolute atomic E-state index is 10.3. The highest BCUT2D eigenvalue weighted by Crippen LogP contribution is 2.21. The third kappa shape index (κ3) is 3.75. The van der Waals surface area contributed by atoms with E-state index in [1.54, 1.807) is 0 Å². The number of hydrogen-bond acceptors (Lipinski definition) is 3. The van der Waals surface area contributed by atoms with Crippen LogP contribution in [0.5, 0.6) is 0 Å². The first-order chi connectivity index (χ1) is 9.70. The molecule has 0 fully saturated rings. The number of aliphatic hydroxyl groups excluding tert-OH is 1. The van der Waals surface area contributed by atoms with Gasteiger partial charge in [-0.05, 0) is 43.2 Å². The van der Waals surface area contributed by atoms with E-state index in [-0.39, 0.29) is 0 Å². The van der Waals surface area contributed by atoms with E-state index in [0.29, 0.717) is 12.1 Å². The summed E-state index contributed by atoms with van der Waals surface area (Å²) in [7, 11) is 0. The molecule has 0 amide bonds. The van der Waals surface area contributed by atoms with Gasteiger partial charge in [-0.2, -0.15) is 0 Å². The number of hydrogen-bond donors (Lipinski definition) is 2. The quantitative estimate of drug-likeness (QED) is 0.792. The van der Waals surface area contributed by atoms with E-state index >= 15 is 0 Å². The molecule has 20 heavy (non-hydrogen) atoms. The molecule has 0 aromatic heterocycles. The number of anilines is 2. The predicted molar refractivity (Wildman–Crippen MR) is 84.8 cm³/mol. The zero-order valence-electron chi connectivity index (χ0n) is 11.9. The minimum Gasteiger partial charge on any atom is -0.399 e. The second-order valence-electron chi connectivity index (χ2n) is 4.89. The van der Waals surface area contributed by atoms with Crippen molar-refractivity contribution in [3.63, 3.8) is 0 Å². The summed E-state index contributed by atoms with van der Waals surface area (Å²) in [6.07, 6.45) is 0.211. The van der Waals surface area contributed by atoms with Crippen LogP contribution in [-0.4, -0.2) is 18.2 Å². The van der Waals surface area contributed by atoms with Crippen molar-refractivity contribution < 1.29 is 5.11 Å². The van der Waals surface area contributed by atoms with Crippen LogP contribution >= 0.6 is 0 Å². The zero-order valence-corrected chi connectivity index (χ0v) is 11.9. The highest BCUT2D eigenvalue weighted by atomic mass is 16.3. The predicted octanol–water partition coefficient (Wildman–Crippen LogP) is 3.22. The van der Waals surface area contributed by atoms with Crippen molar-refractivity contribution in [2.45, 2.75) is 19.4 Å². The van der Waals surface area contributed by atoms with Crippen LogP contribution in [0.15, 0.2) is 54.6 Å². The van der Waals surface area contributed by atoms with E-state index in [0.717, 1.165) is 18.7 Å². The van der Waals surface area contributed by atoms with Crippen LogP contribution in [0, 0.1) is 0 Å². The van der Waals surface area contributed by atoms with Gasteiger partial charge >= 0.3 is 0 Å². The first-order valence-corrected chi connectivity index (χ1v) is 7.04. The standard InChI is InChI=1S/C17H22N2O/c1-2-19(16-9-4-3-5-10-16)12-11-17(20)14-7-6-8-15(18)13-14/h3-10,13,17,20H,2,11-12,18H2,1H3. The van der Waals surface area contributed by atoms with E-state index in [4.69, 9.17) is 5.73 Å². The summed E-state index contributed by atoms with van der Waals surface area (Å²) in [5.74, 6) is 0. The van der Waals surface area contributed by atoms with Gasteiger partial charge in [0.15, 0.2) is 0 Å². The monoisotopic (exact) mass is 270 g/mol. The molecule has 1 unspecified atom stereocenters. The first kappa shape index (κ1) is 14.4. The molecule has 2 rings (SSSR count). The molecule has 0 heterocycles. The average Bonchev–Trinajstić information content (AvgIpc) is 2.49. The van der Waals surface area contributed by atoms with Gasteiger partial charge in [-0.15, -0.1) is 0 Å². The summed E-state index contributed by atoms with van der Waals surface area (Å²) >= 11 is 0. The Hall–Kier alpha value is -2.00. The Bertz CT molecular complexity index is 528. The van der Waals surface area contributed by atoms with E-state index in [1.165, 1.54) is 5.69 Å². The molecule has 0 aliphatic rings. The summed E-state index contributed by atoms with van der Waals surface area (Å²) in [5.41, 5.74) is 8.51. The van der Waals surface area contributed by atoms with E-state index in [9.17, 15) is 5.11 Å². The summed E-state index contributed by atoms with van der Waals surface area (Å²) in [4.78, 5) is 2.26. The molecule has 0 saturated heterocycles. The van der Waals surface area contributed by atoms with Gasteiger partial charge in [0.1, 0.15) is 0 Å². The molecule has 0 aliphatic heterocycles. The van der Waals surface area contributed by atoms with Gasteiger partial charge in [0.05, 0.1) is 6.10 Å². The number of nitrogens with two attached hydrogens (primary N) is 1.